The summed E-state index contributed by atoms with van der Waals surface area (Å²) in [7, 11) is 0. The summed E-state index contributed by atoms with van der Waals surface area (Å²) in [5, 5.41) is 3.16. The van der Waals surface area contributed by atoms with Crippen molar-refractivity contribution in [3.05, 3.63) is 70.6 Å². The number of imidazole rings is 1. The summed E-state index contributed by atoms with van der Waals surface area (Å²) in [5.74, 6) is -0.377. The smallest absolute Gasteiger partial charge is 0.256 e. The highest BCUT2D eigenvalue weighted by Crippen LogP contribution is 2.24. The predicted octanol–water partition coefficient (Wildman–Crippen LogP) is 4.18. The fourth-order valence-corrected chi connectivity index (χ4v) is 3.84. The van der Waals surface area contributed by atoms with Gasteiger partial charge in [-0.3, -0.25) is 14.0 Å². The van der Waals surface area contributed by atoms with Crippen LogP contribution in [0, 0.1) is 6.92 Å². The van der Waals surface area contributed by atoms with Crippen LogP contribution in [-0.4, -0.2) is 39.2 Å². The lowest BCUT2D eigenvalue weighted by Crippen LogP contribution is -2.29. The van der Waals surface area contributed by atoms with Crippen molar-refractivity contribution < 1.29 is 9.59 Å². The molecule has 0 radical (unpaired) electrons. The van der Waals surface area contributed by atoms with E-state index in [1.807, 2.05) is 48.4 Å². The average Bonchev–Trinajstić information content (AvgIpc) is 3.34. The molecule has 0 aliphatic carbocycles. The molecule has 3 heterocycles. The molecule has 4 rings (SSSR count). The third kappa shape index (κ3) is 3.89. The molecule has 0 bridgehead atoms. The van der Waals surface area contributed by atoms with Crippen molar-refractivity contribution in [1.29, 1.82) is 0 Å². The van der Waals surface area contributed by atoms with Gasteiger partial charge in [-0.2, -0.15) is 0 Å². The number of rotatable bonds is 4. The minimum atomic E-state index is -0.340. The number of pyridine rings is 1. The molecular formula is C22H21ClN4O2. The van der Waals surface area contributed by atoms with Crippen molar-refractivity contribution in [3.8, 4) is 0 Å². The van der Waals surface area contributed by atoms with Crippen molar-refractivity contribution in [2.75, 3.05) is 18.4 Å². The molecule has 29 heavy (non-hydrogen) atoms. The zero-order chi connectivity index (χ0) is 20.4. The van der Waals surface area contributed by atoms with Crippen LogP contribution in [0.15, 0.2) is 48.7 Å². The van der Waals surface area contributed by atoms with E-state index >= 15 is 0 Å². The first-order chi connectivity index (χ1) is 14.0. The maximum atomic E-state index is 12.9. The Bertz CT molecular complexity index is 1110. The van der Waals surface area contributed by atoms with Gasteiger partial charge < -0.3 is 10.2 Å². The number of carbonyl (C=O) groups excluding carboxylic acids is 2. The number of aryl methyl sites for hydroxylation is 1. The van der Waals surface area contributed by atoms with Gasteiger partial charge in [0.05, 0.1) is 16.9 Å². The Hall–Kier alpha value is -3.12. The molecule has 0 atom stereocenters. The molecule has 148 valence electrons. The number of aromatic nitrogens is 2. The number of amides is 2. The van der Waals surface area contributed by atoms with Crippen LogP contribution in [-0.2, 0) is 4.79 Å². The Labute approximate surface area is 173 Å². The van der Waals surface area contributed by atoms with Gasteiger partial charge in [0.2, 0.25) is 5.91 Å². The molecule has 1 fully saturated rings. The number of nitrogens with zero attached hydrogens (tertiary/aromatic N) is 3. The molecule has 1 aliphatic heterocycles. The summed E-state index contributed by atoms with van der Waals surface area (Å²) < 4.78 is 1.81. The summed E-state index contributed by atoms with van der Waals surface area (Å²) in [4.78, 5) is 31.6. The molecule has 0 spiro atoms. The molecular weight excluding hydrogens is 388 g/mol. The lowest BCUT2D eigenvalue weighted by atomic mass is 10.0. The van der Waals surface area contributed by atoms with Crippen LogP contribution in [0.1, 0.15) is 34.5 Å². The van der Waals surface area contributed by atoms with Gasteiger partial charge in [-0.05, 0) is 49.6 Å². The van der Waals surface area contributed by atoms with E-state index < -0.39 is 0 Å². The van der Waals surface area contributed by atoms with Crippen LogP contribution in [0.4, 0.5) is 5.69 Å². The number of hydrogen-bond acceptors (Lipinski definition) is 3. The Morgan fingerprint density at radius 2 is 1.93 bits per heavy atom. The molecule has 1 saturated heterocycles. The van der Waals surface area contributed by atoms with E-state index in [0.717, 1.165) is 31.5 Å². The monoisotopic (exact) mass is 408 g/mol. The van der Waals surface area contributed by atoms with Crippen LogP contribution in [0.25, 0.3) is 11.7 Å². The molecule has 2 amide bonds. The summed E-state index contributed by atoms with van der Waals surface area (Å²) in [6.07, 6.45) is 6.88. The highest BCUT2D eigenvalue weighted by atomic mass is 35.5. The summed E-state index contributed by atoms with van der Waals surface area (Å²) in [5.41, 5.74) is 3.23. The molecule has 0 saturated carbocycles. The maximum Gasteiger partial charge on any atom is 0.256 e. The first-order valence-electron chi connectivity index (χ1n) is 9.55. The Morgan fingerprint density at radius 1 is 1.14 bits per heavy atom. The van der Waals surface area contributed by atoms with Crippen LogP contribution >= 0.6 is 11.6 Å². The summed E-state index contributed by atoms with van der Waals surface area (Å²) in [6.45, 7) is 3.40. The molecule has 3 aromatic rings. The second kappa shape index (κ2) is 8.09. The van der Waals surface area contributed by atoms with Gasteiger partial charge in [0.1, 0.15) is 5.65 Å². The van der Waals surface area contributed by atoms with E-state index in [0.29, 0.717) is 27.7 Å². The second-order valence-corrected chi connectivity index (χ2v) is 7.39. The van der Waals surface area contributed by atoms with Gasteiger partial charge in [-0.15, -0.1) is 0 Å². The lowest BCUT2D eigenvalue weighted by molar-refractivity contribution is -0.111. The van der Waals surface area contributed by atoms with Gasteiger partial charge >= 0.3 is 0 Å². The number of nitrogens with one attached hydrogen (secondary N) is 1. The fourth-order valence-electron chi connectivity index (χ4n) is 3.60. The van der Waals surface area contributed by atoms with Gasteiger partial charge in [-0.1, -0.05) is 29.8 Å². The summed E-state index contributed by atoms with van der Waals surface area (Å²) in [6, 6.07) is 11.0. The third-order valence-electron chi connectivity index (χ3n) is 5.05. The zero-order valence-corrected chi connectivity index (χ0v) is 16.8. The van der Waals surface area contributed by atoms with Crippen LogP contribution in [0.5, 0.6) is 0 Å². The number of benzene rings is 1. The molecule has 1 N–H and O–H groups in total. The van der Waals surface area contributed by atoms with E-state index in [9.17, 15) is 9.59 Å². The van der Waals surface area contributed by atoms with E-state index in [-0.39, 0.29) is 11.8 Å². The first-order valence-corrected chi connectivity index (χ1v) is 9.93. The highest BCUT2D eigenvalue weighted by Gasteiger charge is 2.23. The van der Waals surface area contributed by atoms with Crippen molar-refractivity contribution in [2.45, 2.75) is 19.8 Å². The van der Waals surface area contributed by atoms with Gasteiger partial charge in [-0.25, -0.2) is 4.98 Å². The fraction of sp³-hybridized carbons (Fsp3) is 0.227. The van der Waals surface area contributed by atoms with Crippen LogP contribution in [0.3, 0.4) is 0 Å². The Morgan fingerprint density at radius 3 is 2.72 bits per heavy atom. The minimum Gasteiger partial charge on any atom is -0.339 e. The van der Waals surface area contributed by atoms with E-state index in [2.05, 4.69) is 10.3 Å². The Kier molecular flexibility index (Phi) is 5.36. The normalized spacial score (nSPS) is 14.1. The van der Waals surface area contributed by atoms with E-state index in [1.54, 1.807) is 16.5 Å². The van der Waals surface area contributed by atoms with Gasteiger partial charge in [0, 0.05) is 25.4 Å². The molecule has 7 heteroatoms. The molecule has 0 unspecified atom stereocenters. The van der Waals surface area contributed by atoms with Crippen molar-refractivity contribution >= 4 is 40.8 Å². The third-order valence-corrected chi connectivity index (χ3v) is 5.33. The average molecular weight is 409 g/mol. The Balaban J connectivity index is 1.57. The lowest BCUT2D eigenvalue weighted by Gasteiger charge is -2.19. The molecule has 1 aromatic carbocycles. The second-order valence-electron chi connectivity index (χ2n) is 7.04. The predicted molar refractivity (Wildman–Crippen MR) is 114 cm³/mol. The number of likely N-dealkylation sites (tertiary alicyclic amines) is 1. The number of fused-ring (bicyclic) bond motifs is 1. The largest absolute Gasteiger partial charge is 0.339 e. The van der Waals surface area contributed by atoms with Crippen LogP contribution < -0.4 is 5.32 Å². The van der Waals surface area contributed by atoms with Crippen molar-refractivity contribution in [3.63, 3.8) is 0 Å². The summed E-state index contributed by atoms with van der Waals surface area (Å²) >= 11 is 6.21. The minimum absolute atomic E-state index is 0.0373. The molecule has 6 nitrogen and oxygen atoms in total. The SMILES string of the molecule is Cc1cccc(NC(=O)/C=C/c2c(Cl)nc3ccccn23)c1C(=O)N1CCCC1. The zero-order valence-electron chi connectivity index (χ0n) is 16.1. The highest BCUT2D eigenvalue weighted by molar-refractivity contribution is 6.31. The molecule has 1 aliphatic rings. The first kappa shape index (κ1) is 19.2. The topological polar surface area (TPSA) is 66.7 Å². The number of hydrogen-bond donors (Lipinski definition) is 1. The van der Waals surface area contributed by atoms with E-state index in [1.165, 1.54) is 6.08 Å². The van der Waals surface area contributed by atoms with Crippen LogP contribution in [0.2, 0.25) is 5.15 Å². The number of halogens is 1. The van der Waals surface area contributed by atoms with Gasteiger partial charge in [0.15, 0.2) is 5.15 Å². The number of carbonyl (C=O) groups is 2. The number of anilines is 1. The molecule has 2 aromatic heterocycles. The van der Waals surface area contributed by atoms with E-state index in [4.69, 9.17) is 11.6 Å². The van der Waals surface area contributed by atoms with Crippen molar-refractivity contribution in [1.82, 2.24) is 14.3 Å². The maximum absolute atomic E-state index is 12.9. The van der Waals surface area contributed by atoms with Crippen molar-refractivity contribution in [2.24, 2.45) is 0 Å². The van der Waals surface area contributed by atoms with Gasteiger partial charge in [0.25, 0.3) is 5.91 Å². The standard InChI is InChI=1S/C22H21ClN4O2/c1-15-7-6-8-16(20(15)22(29)26-12-4-5-13-26)24-19(28)11-10-17-21(23)25-18-9-2-3-14-27(17)18/h2-3,6-11,14H,4-5,12-13H2,1H3,(H,24,28)/b11-10+. The quantitative estimate of drug-likeness (QED) is 0.658.